The largest absolute Gasteiger partial charge is 0.361 e. The van der Waals surface area contributed by atoms with Crippen LogP contribution in [0.15, 0.2) is 47.4 Å². The second-order valence-corrected chi connectivity index (χ2v) is 11.8. The van der Waals surface area contributed by atoms with Gasteiger partial charge in [0, 0.05) is 43.8 Å². The van der Waals surface area contributed by atoms with E-state index in [1.54, 1.807) is 10.4 Å². The van der Waals surface area contributed by atoms with Crippen molar-refractivity contribution in [3.63, 3.8) is 0 Å². The average molecular weight is 454 g/mol. The lowest BCUT2D eigenvalue weighted by molar-refractivity contribution is -0.128. The highest BCUT2D eigenvalue weighted by Gasteiger charge is 2.38. The SMILES string of the molecule is CC1(C)CN(CC(=O)N2CCCC2)c2ccc(S(=O)(=O)N3CCc4ccccc4C3)cc21. The molecule has 0 N–H and O–H groups in total. The molecule has 0 aromatic heterocycles. The Morgan fingerprint density at radius 3 is 2.47 bits per heavy atom. The number of likely N-dealkylation sites (tertiary alicyclic amines) is 1. The fourth-order valence-electron chi connectivity index (χ4n) is 5.34. The molecule has 1 fully saturated rings. The highest BCUT2D eigenvalue weighted by Crippen LogP contribution is 2.42. The zero-order valence-electron chi connectivity index (χ0n) is 18.9. The van der Waals surface area contributed by atoms with E-state index in [0.717, 1.165) is 49.2 Å². The van der Waals surface area contributed by atoms with E-state index in [1.807, 2.05) is 35.2 Å². The van der Waals surface area contributed by atoms with Gasteiger partial charge in [0.2, 0.25) is 15.9 Å². The van der Waals surface area contributed by atoms with Crippen molar-refractivity contribution in [1.82, 2.24) is 9.21 Å². The van der Waals surface area contributed by atoms with E-state index in [0.29, 0.717) is 31.1 Å². The Hall–Kier alpha value is -2.38. The van der Waals surface area contributed by atoms with Crippen molar-refractivity contribution in [1.29, 1.82) is 0 Å². The van der Waals surface area contributed by atoms with Gasteiger partial charge in [0.25, 0.3) is 0 Å². The van der Waals surface area contributed by atoms with Gasteiger partial charge in [0.05, 0.1) is 11.4 Å². The predicted molar refractivity (Wildman–Crippen MR) is 125 cm³/mol. The topological polar surface area (TPSA) is 60.9 Å². The highest BCUT2D eigenvalue weighted by atomic mass is 32.2. The van der Waals surface area contributed by atoms with Gasteiger partial charge in [-0.2, -0.15) is 4.31 Å². The van der Waals surface area contributed by atoms with Crippen LogP contribution < -0.4 is 4.90 Å². The van der Waals surface area contributed by atoms with Gasteiger partial charge in [-0.25, -0.2) is 8.42 Å². The highest BCUT2D eigenvalue weighted by molar-refractivity contribution is 7.89. The number of rotatable bonds is 4. The number of fused-ring (bicyclic) bond motifs is 2. The molecular weight excluding hydrogens is 422 g/mol. The molecule has 0 unspecified atom stereocenters. The van der Waals surface area contributed by atoms with E-state index in [-0.39, 0.29) is 11.3 Å². The molecule has 170 valence electrons. The van der Waals surface area contributed by atoms with Crippen LogP contribution in [0.25, 0.3) is 0 Å². The summed E-state index contributed by atoms with van der Waals surface area (Å²) in [5.41, 5.74) is 4.07. The molecule has 32 heavy (non-hydrogen) atoms. The van der Waals surface area contributed by atoms with E-state index in [4.69, 9.17) is 0 Å². The number of benzene rings is 2. The summed E-state index contributed by atoms with van der Waals surface area (Å²) in [4.78, 5) is 17.1. The first-order valence-corrected chi connectivity index (χ1v) is 12.9. The first-order chi connectivity index (χ1) is 15.3. The molecule has 0 saturated carbocycles. The standard InChI is InChI=1S/C25H31N3O3S/c1-25(2)18-27(17-24(29)26-12-5-6-13-26)23-10-9-21(15-22(23)25)32(30,31)28-14-11-19-7-3-4-8-20(19)16-28/h3-4,7-10,15H,5-6,11-14,16-18H2,1-2H3. The molecule has 1 amide bonds. The number of hydrogen-bond acceptors (Lipinski definition) is 4. The lowest BCUT2D eigenvalue weighted by atomic mass is 9.87. The Labute approximate surface area is 190 Å². The summed E-state index contributed by atoms with van der Waals surface area (Å²) in [6, 6.07) is 13.5. The van der Waals surface area contributed by atoms with Crippen LogP contribution in [0.5, 0.6) is 0 Å². The minimum atomic E-state index is -3.59. The summed E-state index contributed by atoms with van der Waals surface area (Å²) >= 11 is 0. The smallest absolute Gasteiger partial charge is 0.243 e. The van der Waals surface area contributed by atoms with E-state index >= 15 is 0 Å². The third-order valence-corrected chi connectivity index (χ3v) is 8.98. The number of anilines is 1. The minimum Gasteiger partial charge on any atom is -0.361 e. The number of amides is 1. The number of hydrogen-bond donors (Lipinski definition) is 0. The molecule has 0 atom stereocenters. The summed E-state index contributed by atoms with van der Waals surface area (Å²) in [7, 11) is -3.59. The number of sulfonamides is 1. The average Bonchev–Trinajstić information content (AvgIpc) is 3.40. The maximum atomic E-state index is 13.5. The quantitative estimate of drug-likeness (QED) is 0.714. The molecule has 3 aliphatic rings. The second kappa shape index (κ2) is 7.89. The Balaban J connectivity index is 1.41. The number of carbonyl (C=O) groups excluding carboxylic acids is 1. The maximum Gasteiger partial charge on any atom is 0.243 e. The molecule has 3 aliphatic heterocycles. The molecule has 7 heteroatoms. The van der Waals surface area contributed by atoms with Crippen molar-refractivity contribution >= 4 is 21.6 Å². The first kappa shape index (κ1) is 21.5. The monoisotopic (exact) mass is 453 g/mol. The van der Waals surface area contributed by atoms with E-state index in [1.165, 1.54) is 5.56 Å². The molecular formula is C25H31N3O3S. The van der Waals surface area contributed by atoms with Crippen molar-refractivity contribution in [3.05, 3.63) is 59.2 Å². The van der Waals surface area contributed by atoms with Gasteiger partial charge in [0.15, 0.2) is 0 Å². The molecule has 5 rings (SSSR count). The first-order valence-electron chi connectivity index (χ1n) is 11.5. The third kappa shape index (κ3) is 3.71. The zero-order chi connectivity index (χ0) is 22.5. The molecule has 6 nitrogen and oxygen atoms in total. The van der Waals surface area contributed by atoms with Crippen LogP contribution in [0, 0.1) is 0 Å². The Morgan fingerprint density at radius 2 is 1.72 bits per heavy atom. The van der Waals surface area contributed by atoms with Crippen LogP contribution in [-0.4, -0.2) is 56.3 Å². The van der Waals surface area contributed by atoms with Gasteiger partial charge in [-0.1, -0.05) is 38.1 Å². The summed E-state index contributed by atoms with van der Waals surface area (Å²) in [6.07, 6.45) is 2.89. The lowest BCUT2D eigenvalue weighted by Crippen LogP contribution is -2.40. The van der Waals surface area contributed by atoms with Crippen molar-refractivity contribution in [2.75, 3.05) is 37.6 Å². The summed E-state index contributed by atoms with van der Waals surface area (Å²) < 4.78 is 28.6. The number of nitrogens with zero attached hydrogens (tertiary/aromatic N) is 3. The van der Waals surface area contributed by atoms with Gasteiger partial charge in [0.1, 0.15) is 0 Å². The molecule has 0 spiro atoms. The molecule has 2 aromatic carbocycles. The van der Waals surface area contributed by atoms with Crippen molar-refractivity contribution in [2.24, 2.45) is 0 Å². The fraction of sp³-hybridized carbons (Fsp3) is 0.480. The predicted octanol–water partition coefficient (Wildman–Crippen LogP) is 3.15. The van der Waals surface area contributed by atoms with Crippen LogP contribution in [-0.2, 0) is 33.2 Å². The molecule has 1 saturated heterocycles. The van der Waals surface area contributed by atoms with Gasteiger partial charge in [-0.15, -0.1) is 0 Å². The number of carbonyl (C=O) groups is 1. The summed E-state index contributed by atoms with van der Waals surface area (Å²) in [6.45, 7) is 7.91. The van der Waals surface area contributed by atoms with Crippen LogP contribution >= 0.6 is 0 Å². The van der Waals surface area contributed by atoms with Gasteiger partial charge in [-0.05, 0) is 54.2 Å². The summed E-state index contributed by atoms with van der Waals surface area (Å²) in [5, 5.41) is 0. The maximum absolute atomic E-state index is 13.5. The van der Waals surface area contributed by atoms with Crippen molar-refractivity contribution in [3.8, 4) is 0 Å². The lowest BCUT2D eigenvalue weighted by Gasteiger charge is -2.28. The Bertz CT molecular complexity index is 1150. The van der Waals surface area contributed by atoms with Crippen LogP contribution in [0.3, 0.4) is 0 Å². The van der Waals surface area contributed by atoms with Gasteiger partial charge >= 0.3 is 0 Å². The Kier molecular flexibility index (Phi) is 5.29. The van der Waals surface area contributed by atoms with E-state index in [9.17, 15) is 13.2 Å². The Morgan fingerprint density at radius 1 is 1.00 bits per heavy atom. The molecule has 2 aromatic rings. The van der Waals surface area contributed by atoms with Gasteiger partial charge in [-0.3, -0.25) is 4.79 Å². The van der Waals surface area contributed by atoms with Crippen LogP contribution in [0.2, 0.25) is 0 Å². The molecule has 3 heterocycles. The van der Waals surface area contributed by atoms with E-state index in [2.05, 4.69) is 24.8 Å². The molecule has 0 aliphatic carbocycles. The summed E-state index contributed by atoms with van der Waals surface area (Å²) in [5.74, 6) is 0.162. The zero-order valence-corrected chi connectivity index (χ0v) is 19.7. The van der Waals surface area contributed by atoms with Gasteiger partial charge < -0.3 is 9.80 Å². The van der Waals surface area contributed by atoms with Crippen LogP contribution in [0.1, 0.15) is 43.4 Å². The third-order valence-electron chi connectivity index (χ3n) is 7.14. The molecule has 0 bridgehead atoms. The van der Waals surface area contributed by atoms with Crippen LogP contribution in [0.4, 0.5) is 5.69 Å². The fourth-order valence-corrected chi connectivity index (χ4v) is 6.78. The molecule has 0 radical (unpaired) electrons. The minimum absolute atomic E-state index is 0.162. The normalized spacial score (nSPS) is 20.3. The second-order valence-electron chi connectivity index (χ2n) is 9.86. The van der Waals surface area contributed by atoms with Crippen molar-refractivity contribution < 1.29 is 13.2 Å². The van der Waals surface area contributed by atoms with E-state index < -0.39 is 10.0 Å². The van der Waals surface area contributed by atoms with Crippen molar-refractivity contribution in [2.45, 2.75) is 50.0 Å².